The van der Waals surface area contributed by atoms with Crippen LogP contribution in [0.2, 0.25) is 5.02 Å². The summed E-state index contributed by atoms with van der Waals surface area (Å²) >= 11 is 6.61. The highest BCUT2D eigenvalue weighted by Crippen LogP contribution is 2.45. The second kappa shape index (κ2) is 12.7. The van der Waals surface area contributed by atoms with E-state index in [4.69, 9.17) is 16.3 Å². The Morgan fingerprint density at radius 1 is 1.18 bits per heavy atom. The van der Waals surface area contributed by atoms with E-state index in [1.807, 2.05) is 23.8 Å². The zero-order valence-corrected chi connectivity index (χ0v) is 25.6. The molecule has 0 amide bonds. The van der Waals surface area contributed by atoms with Crippen molar-refractivity contribution in [2.75, 3.05) is 57.1 Å². The Morgan fingerprint density at radius 2 is 1.95 bits per heavy atom. The molecule has 0 bridgehead atoms. The molecule has 4 heterocycles. The molecule has 0 aliphatic carbocycles. The number of halogens is 5. The number of allylic oxidation sites excluding steroid dienone is 1. The van der Waals surface area contributed by atoms with Crippen LogP contribution in [0, 0.1) is 12.7 Å². The number of nitrogens with zero attached hydrogens (tertiary/aromatic N) is 6. The fraction of sp³-hybridized carbons (Fsp3) is 0.467. The van der Waals surface area contributed by atoms with E-state index in [1.54, 1.807) is 6.20 Å². The summed E-state index contributed by atoms with van der Waals surface area (Å²) in [6, 6.07) is 2.55. The Bertz CT molecular complexity index is 1590. The molecular weight excluding hydrogens is 602 g/mol. The lowest BCUT2D eigenvalue weighted by molar-refractivity contribution is -0.137. The molecule has 2 saturated heterocycles. The lowest BCUT2D eigenvalue weighted by atomic mass is 9.98. The number of pyridine rings is 1. The van der Waals surface area contributed by atoms with E-state index in [0.29, 0.717) is 31.7 Å². The number of fused-ring (bicyclic) bond motifs is 1. The summed E-state index contributed by atoms with van der Waals surface area (Å²) in [5.74, 6) is -0.567. The summed E-state index contributed by atoms with van der Waals surface area (Å²) in [4.78, 5) is 30.1. The first-order chi connectivity index (χ1) is 20.9. The molecule has 44 heavy (non-hydrogen) atoms. The number of nitrogens with one attached hydrogen (secondary N) is 1. The van der Waals surface area contributed by atoms with Crippen molar-refractivity contribution in [2.45, 2.75) is 44.9 Å². The maximum Gasteiger partial charge on any atom is 0.418 e. The number of aldehydes is 1. The van der Waals surface area contributed by atoms with Gasteiger partial charge in [-0.15, -0.1) is 0 Å². The molecule has 2 aliphatic heterocycles. The first-order valence-electron chi connectivity index (χ1n) is 14.3. The average molecular weight is 636 g/mol. The van der Waals surface area contributed by atoms with E-state index < -0.39 is 28.8 Å². The van der Waals surface area contributed by atoms with Crippen LogP contribution < -0.4 is 15.0 Å². The average Bonchev–Trinajstić information content (AvgIpc) is 3.38. The Hall–Kier alpha value is -3.71. The van der Waals surface area contributed by atoms with E-state index >= 15 is 4.39 Å². The highest BCUT2D eigenvalue weighted by atomic mass is 35.5. The number of piperazine rings is 1. The fourth-order valence-corrected chi connectivity index (χ4v) is 6.23. The van der Waals surface area contributed by atoms with Crippen LogP contribution in [-0.4, -0.2) is 90.0 Å². The van der Waals surface area contributed by atoms with Crippen molar-refractivity contribution >= 4 is 40.4 Å². The van der Waals surface area contributed by atoms with Gasteiger partial charge in [0.05, 0.1) is 21.8 Å². The zero-order chi connectivity index (χ0) is 31.8. The molecule has 3 aromatic rings. The van der Waals surface area contributed by atoms with Crippen molar-refractivity contribution in [2.24, 2.45) is 0 Å². The number of carbonyl (C=O) groups is 1. The number of anilines is 2. The van der Waals surface area contributed by atoms with E-state index in [9.17, 15) is 18.0 Å². The molecule has 1 aromatic carbocycles. The van der Waals surface area contributed by atoms with Crippen molar-refractivity contribution in [3.63, 3.8) is 0 Å². The predicted molar refractivity (Wildman–Crippen MR) is 162 cm³/mol. The maximum absolute atomic E-state index is 16.6. The summed E-state index contributed by atoms with van der Waals surface area (Å²) in [5, 5.41) is 2.71. The van der Waals surface area contributed by atoms with Gasteiger partial charge >= 0.3 is 12.2 Å². The van der Waals surface area contributed by atoms with Crippen molar-refractivity contribution in [3.05, 3.63) is 46.4 Å². The summed E-state index contributed by atoms with van der Waals surface area (Å²) in [5.41, 5.74) is -2.58. The largest absolute Gasteiger partial charge is 0.462 e. The second-order valence-electron chi connectivity index (χ2n) is 11.2. The van der Waals surface area contributed by atoms with Gasteiger partial charge in [0.2, 0.25) is 0 Å². The quantitative estimate of drug-likeness (QED) is 0.195. The molecule has 9 nitrogen and oxygen atoms in total. The first-order valence-corrected chi connectivity index (χ1v) is 14.7. The van der Waals surface area contributed by atoms with Crippen LogP contribution >= 0.6 is 11.6 Å². The lowest BCUT2D eigenvalue weighted by Crippen LogP contribution is -2.50. The van der Waals surface area contributed by atoms with Gasteiger partial charge < -0.3 is 24.8 Å². The van der Waals surface area contributed by atoms with Crippen molar-refractivity contribution in [3.8, 4) is 17.3 Å². The number of benzene rings is 1. The first kappa shape index (κ1) is 31.7. The van der Waals surface area contributed by atoms with Gasteiger partial charge in [0.15, 0.2) is 5.82 Å². The third kappa shape index (κ3) is 6.25. The van der Waals surface area contributed by atoms with Crippen LogP contribution in [0.1, 0.15) is 30.9 Å². The number of carbonyl (C=O) groups excluding carboxylic acids is 1. The highest BCUT2D eigenvalue weighted by Gasteiger charge is 2.39. The Labute approximate surface area is 257 Å². The topological polar surface area (TPSA) is 86.7 Å². The number of hydrogen-bond donors (Lipinski definition) is 1. The Balaban J connectivity index is 1.68. The third-order valence-electron chi connectivity index (χ3n) is 8.22. The highest BCUT2D eigenvalue weighted by molar-refractivity contribution is 6.34. The smallest absolute Gasteiger partial charge is 0.418 e. The molecule has 0 radical (unpaired) electrons. The van der Waals surface area contributed by atoms with Crippen LogP contribution in [0.15, 0.2) is 24.4 Å². The Kier molecular flexibility index (Phi) is 9.17. The van der Waals surface area contributed by atoms with Crippen LogP contribution in [0.25, 0.3) is 22.2 Å². The molecular formula is C30H34ClF4N7O2. The summed E-state index contributed by atoms with van der Waals surface area (Å²) in [7, 11) is 3.51. The van der Waals surface area contributed by atoms with Crippen LogP contribution in [0.5, 0.6) is 6.01 Å². The number of rotatable bonds is 8. The summed E-state index contributed by atoms with van der Waals surface area (Å²) in [6.07, 6.45) is 0.945. The number of aryl methyl sites for hydroxylation is 1. The van der Waals surface area contributed by atoms with Gasteiger partial charge in [-0.1, -0.05) is 11.6 Å². The van der Waals surface area contributed by atoms with Crippen LogP contribution in [0.4, 0.5) is 29.2 Å². The van der Waals surface area contributed by atoms with Gasteiger partial charge in [0, 0.05) is 50.4 Å². The molecule has 0 spiro atoms. The molecule has 236 valence electrons. The minimum atomic E-state index is -4.82. The van der Waals surface area contributed by atoms with E-state index in [1.165, 1.54) is 32.2 Å². The zero-order valence-electron chi connectivity index (χ0n) is 24.9. The normalized spacial score (nSPS) is 19.8. The van der Waals surface area contributed by atoms with Crippen molar-refractivity contribution in [1.29, 1.82) is 0 Å². The molecule has 0 saturated carbocycles. The molecule has 1 N–H and O–H groups in total. The second-order valence-corrected chi connectivity index (χ2v) is 11.6. The molecule has 5 rings (SSSR count). The number of likely N-dealkylation sites (N-methyl/N-ethyl adjacent to an activating group) is 1. The lowest BCUT2D eigenvalue weighted by Gasteiger charge is -2.40. The van der Waals surface area contributed by atoms with Gasteiger partial charge in [0.1, 0.15) is 30.0 Å². The standard InChI is InChI=1S/C30H34ClF4N7O2/c1-17-13-22(36-3)37-27(24(17)30(33,34)35)23-21(31)14-20-26(25(23)32)38-29(44-16-19-7-5-8-40(19)4)39-28(20)42-11-10-41(9-6-12-43)15-18(42)2/h6,9,12-14,18-19H,5,7-8,10-11,15-16H2,1-4H3,(H,36,37)/t18-,19-/m0/s1. The summed E-state index contributed by atoms with van der Waals surface area (Å²) < 4.78 is 65.6. The van der Waals surface area contributed by atoms with Gasteiger partial charge in [-0.05, 0) is 64.1 Å². The number of ether oxygens (including phenoxy) is 1. The number of likely N-dealkylation sites (tertiary alicyclic amines) is 1. The maximum atomic E-state index is 16.6. The molecule has 2 fully saturated rings. The minimum absolute atomic E-state index is 0.0837. The molecule has 14 heteroatoms. The predicted octanol–water partition coefficient (Wildman–Crippen LogP) is 5.55. The van der Waals surface area contributed by atoms with Gasteiger partial charge in [0.25, 0.3) is 0 Å². The van der Waals surface area contributed by atoms with E-state index in [-0.39, 0.29) is 52.0 Å². The van der Waals surface area contributed by atoms with Crippen LogP contribution in [-0.2, 0) is 11.0 Å². The number of aromatic nitrogens is 3. The molecule has 0 unspecified atom stereocenters. The van der Waals surface area contributed by atoms with Crippen LogP contribution in [0.3, 0.4) is 0 Å². The van der Waals surface area contributed by atoms with E-state index in [2.05, 4.69) is 25.2 Å². The third-order valence-corrected chi connectivity index (χ3v) is 8.52. The van der Waals surface area contributed by atoms with E-state index in [0.717, 1.165) is 19.4 Å². The fourth-order valence-electron chi connectivity index (χ4n) is 5.95. The SMILES string of the molecule is CNc1cc(C)c(C(F)(F)F)c(-c2c(Cl)cc3c(N4CCN(C=CC=O)C[C@@H]4C)nc(OC[C@@H]4CCCN4C)nc3c2F)n1. The molecule has 2 aliphatic rings. The summed E-state index contributed by atoms with van der Waals surface area (Å²) in [6.45, 7) is 6.00. The van der Waals surface area contributed by atoms with Gasteiger partial charge in [-0.3, -0.25) is 4.79 Å². The van der Waals surface area contributed by atoms with Gasteiger partial charge in [-0.2, -0.15) is 23.1 Å². The monoisotopic (exact) mass is 635 g/mol. The number of hydrogen-bond acceptors (Lipinski definition) is 9. The van der Waals surface area contributed by atoms with Crippen molar-refractivity contribution < 1.29 is 27.1 Å². The minimum Gasteiger partial charge on any atom is -0.462 e. The van der Waals surface area contributed by atoms with Gasteiger partial charge in [-0.25, -0.2) is 9.37 Å². The molecule has 2 atom stereocenters. The molecule has 2 aromatic heterocycles. The Morgan fingerprint density at radius 3 is 2.59 bits per heavy atom. The van der Waals surface area contributed by atoms with Crippen molar-refractivity contribution in [1.82, 2.24) is 24.8 Å². The number of alkyl halides is 3.